The maximum atomic E-state index is 9.14. The molecule has 0 bridgehead atoms. The third kappa shape index (κ3) is 3.06. The average molecular weight is 307 g/mol. The summed E-state index contributed by atoms with van der Waals surface area (Å²) in [4.78, 5) is 8.01. The van der Waals surface area contributed by atoms with E-state index in [9.17, 15) is 0 Å². The van der Waals surface area contributed by atoms with E-state index in [2.05, 4.69) is 51.7 Å². The molecule has 1 rings (SSSR count). The van der Waals surface area contributed by atoms with Gasteiger partial charge in [-0.25, -0.2) is 9.97 Å². The van der Waals surface area contributed by atoms with Crippen LogP contribution in [0.1, 0.15) is 13.8 Å². The van der Waals surface area contributed by atoms with Gasteiger partial charge in [0.2, 0.25) is 0 Å². The lowest BCUT2D eigenvalue weighted by Crippen LogP contribution is -2.30. The topological polar surface area (TPSA) is 58.0 Å². The Bertz CT molecular complexity index is 293. The van der Waals surface area contributed by atoms with Gasteiger partial charge in [0.15, 0.2) is 0 Å². The van der Waals surface area contributed by atoms with E-state index >= 15 is 0 Å². The van der Waals surface area contributed by atoms with Crippen molar-refractivity contribution in [3.8, 4) is 0 Å². The first-order valence-corrected chi connectivity index (χ1v) is 5.56. The van der Waals surface area contributed by atoms with Crippen molar-refractivity contribution in [3.63, 3.8) is 0 Å². The van der Waals surface area contributed by atoms with Crippen molar-refractivity contribution >= 4 is 28.4 Å². The van der Waals surface area contributed by atoms with Crippen LogP contribution in [0.4, 0.5) is 5.82 Å². The molecule has 1 aromatic rings. The molecule has 1 atom stereocenters. The second kappa shape index (κ2) is 5.45. The molecule has 4 nitrogen and oxygen atoms in total. The molecule has 0 aliphatic carbocycles. The third-order valence-corrected chi connectivity index (χ3v) is 2.78. The number of hydrogen-bond acceptors (Lipinski definition) is 4. The molecule has 0 saturated carbocycles. The van der Waals surface area contributed by atoms with Crippen molar-refractivity contribution in [2.45, 2.75) is 19.9 Å². The van der Waals surface area contributed by atoms with E-state index in [-0.39, 0.29) is 12.6 Å². The molecular weight excluding hydrogens is 293 g/mol. The fraction of sp³-hybridized carbons (Fsp3) is 0.556. The van der Waals surface area contributed by atoms with Crippen LogP contribution in [0.2, 0.25) is 0 Å². The Hall–Kier alpha value is -0.430. The molecule has 0 fully saturated rings. The summed E-state index contributed by atoms with van der Waals surface area (Å²) in [6.07, 6.45) is 3.24. The van der Waals surface area contributed by atoms with E-state index in [4.69, 9.17) is 5.11 Å². The lowest BCUT2D eigenvalue weighted by molar-refractivity contribution is 0.249. The number of anilines is 1. The van der Waals surface area contributed by atoms with Crippen LogP contribution in [0.15, 0.2) is 12.5 Å². The molecule has 0 amide bonds. The van der Waals surface area contributed by atoms with E-state index in [0.29, 0.717) is 5.92 Å². The number of nitrogens with zero attached hydrogens (tertiary/aromatic N) is 2. The molecule has 2 N–H and O–H groups in total. The quantitative estimate of drug-likeness (QED) is 0.828. The fourth-order valence-electron chi connectivity index (χ4n) is 1.02. The van der Waals surface area contributed by atoms with Gasteiger partial charge in [0, 0.05) is 6.20 Å². The minimum Gasteiger partial charge on any atom is -0.394 e. The number of aliphatic hydroxyl groups excluding tert-OH is 1. The lowest BCUT2D eigenvalue weighted by Gasteiger charge is -2.20. The highest BCUT2D eigenvalue weighted by molar-refractivity contribution is 14.1. The fourth-order valence-corrected chi connectivity index (χ4v) is 1.47. The van der Waals surface area contributed by atoms with Crippen LogP contribution in [-0.4, -0.2) is 27.7 Å². The Balaban J connectivity index is 2.72. The van der Waals surface area contributed by atoms with E-state index in [1.807, 2.05) is 0 Å². The lowest BCUT2D eigenvalue weighted by atomic mass is 10.1. The number of aliphatic hydroxyl groups is 1. The SMILES string of the molecule is CC(C)[C@@H](CO)Nc1ncncc1I. The second-order valence-corrected chi connectivity index (χ2v) is 4.56. The second-order valence-electron chi connectivity index (χ2n) is 3.40. The van der Waals surface area contributed by atoms with Crippen LogP contribution in [-0.2, 0) is 0 Å². The summed E-state index contributed by atoms with van der Waals surface area (Å²) < 4.78 is 0.962. The van der Waals surface area contributed by atoms with Gasteiger partial charge in [-0.1, -0.05) is 13.8 Å². The monoisotopic (exact) mass is 307 g/mol. The zero-order valence-electron chi connectivity index (χ0n) is 8.24. The van der Waals surface area contributed by atoms with Crippen molar-refractivity contribution < 1.29 is 5.11 Å². The van der Waals surface area contributed by atoms with Gasteiger partial charge in [-0.2, -0.15) is 0 Å². The van der Waals surface area contributed by atoms with Gasteiger partial charge in [0.25, 0.3) is 0 Å². The standard InChI is InChI=1S/C9H14IN3O/c1-6(2)8(4-14)13-9-7(10)3-11-5-12-9/h3,5-6,8,14H,4H2,1-2H3,(H,11,12,13)/t8-/m1/s1. The molecule has 5 heteroatoms. The molecule has 0 unspecified atom stereocenters. The van der Waals surface area contributed by atoms with Crippen molar-refractivity contribution in [1.29, 1.82) is 0 Å². The molecule has 78 valence electrons. The van der Waals surface area contributed by atoms with Crippen molar-refractivity contribution in [2.75, 3.05) is 11.9 Å². The summed E-state index contributed by atoms with van der Waals surface area (Å²) in [5.41, 5.74) is 0. The highest BCUT2D eigenvalue weighted by Gasteiger charge is 2.13. The summed E-state index contributed by atoms with van der Waals surface area (Å²) in [6.45, 7) is 4.22. The Kier molecular flexibility index (Phi) is 4.53. The molecule has 0 aliphatic rings. The Morgan fingerprint density at radius 1 is 1.57 bits per heavy atom. The van der Waals surface area contributed by atoms with Gasteiger partial charge < -0.3 is 10.4 Å². The van der Waals surface area contributed by atoms with Crippen LogP contribution in [0, 0.1) is 9.49 Å². The maximum Gasteiger partial charge on any atom is 0.143 e. The maximum absolute atomic E-state index is 9.14. The molecule has 0 spiro atoms. The first-order chi connectivity index (χ1) is 6.65. The van der Waals surface area contributed by atoms with Crippen molar-refractivity contribution in [2.24, 2.45) is 5.92 Å². The largest absolute Gasteiger partial charge is 0.394 e. The first-order valence-electron chi connectivity index (χ1n) is 4.48. The van der Waals surface area contributed by atoms with Crippen LogP contribution in [0.3, 0.4) is 0 Å². The molecule has 1 aromatic heterocycles. The highest BCUT2D eigenvalue weighted by atomic mass is 127. The van der Waals surface area contributed by atoms with Gasteiger partial charge in [-0.05, 0) is 28.5 Å². The smallest absolute Gasteiger partial charge is 0.143 e. The summed E-state index contributed by atoms with van der Waals surface area (Å²) in [6, 6.07) is 0.0402. The normalized spacial score (nSPS) is 12.9. The van der Waals surface area contributed by atoms with E-state index < -0.39 is 0 Å². The van der Waals surface area contributed by atoms with Crippen molar-refractivity contribution in [3.05, 3.63) is 16.1 Å². The zero-order chi connectivity index (χ0) is 10.6. The van der Waals surface area contributed by atoms with E-state index in [1.165, 1.54) is 6.33 Å². The van der Waals surface area contributed by atoms with Crippen LogP contribution in [0.25, 0.3) is 0 Å². The molecule has 0 radical (unpaired) electrons. The number of aromatic nitrogens is 2. The minimum atomic E-state index is 0.0402. The summed E-state index contributed by atoms with van der Waals surface area (Å²) >= 11 is 2.16. The summed E-state index contributed by atoms with van der Waals surface area (Å²) in [7, 11) is 0. The average Bonchev–Trinajstić information content (AvgIpc) is 2.16. The predicted molar refractivity (Wildman–Crippen MR) is 64.1 cm³/mol. The van der Waals surface area contributed by atoms with E-state index in [0.717, 1.165) is 9.39 Å². The zero-order valence-corrected chi connectivity index (χ0v) is 10.4. The Morgan fingerprint density at radius 3 is 2.79 bits per heavy atom. The Morgan fingerprint density at radius 2 is 2.29 bits per heavy atom. The summed E-state index contributed by atoms with van der Waals surface area (Å²) in [5.74, 6) is 1.15. The molecular formula is C9H14IN3O. The van der Waals surface area contributed by atoms with Gasteiger partial charge >= 0.3 is 0 Å². The van der Waals surface area contributed by atoms with Gasteiger partial charge in [-0.15, -0.1) is 0 Å². The van der Waals surface area contributed by atoms with Gasteiger partial charge in [0.05, 0.1) is 16.2 Å². The molecule has 1 heterocycles. The van der Waals surface area contributed by atoms with Gasteiger partial charge in [-0.3, -0.25) is 0 Å². The van der Waals surface area contributed by atoms with Crippen LogP contribution >= 0.6 is 22.6 Å². The third-order valence-electron chi connectivity index (χ3n) is 1.99. The molecule has 0 aliphatic heterocycles. The van der Waals surface area contributed by atoms with Crippen molar-refractivity contribution in [1.82, 2.24) is 9.97 Å². The van der Waals surface area contributed by atoms with Crippen LogP contribution < -0.4 is 5.32 Å². The number of hydrogen-bond donors (Lipinski definition) is 2. The van der Waals surface area contributed by atoms with E-state index in [1.54, 1.807) is 6.20 Å². The number of rotatable bonds is 4. The van der Waals surface area contributed by atoms with Gasteiger partial charge in [0.1, 0.15) is 12.1 Å². The Labute approximate surface area is 97.3 Å². The summed E-state index contributed by atoms with van der Waals surface area (Å²) in [5, 5.41) is 12.3. The molecule has 0 aromatic carbocycles. The first kappa shape index (κ1) is 11.6. The van der Waals surface area contributed by atoms with Crippen LogP contribution in [0.5, 0.6) is 0 Å². The predicted octanol–water partition coefficient (Wildman–Crippen LogP) is 1.51. The molecule has 14 heavy (non-hydrogen) atoms. The molecule has 0 saturated heterocycles. The highest BCUT2D eigenvalue weighted by Crippen LogP contribution is 2.15. The minimum absolute atomic E-state index is 0.0402. The number of halogens is 1. The number of nitrogens with one attached hydrogen (secondary N) is 1.